The van der Waals surface area contributed by atoms with Crippen molar-refractivity contribution in [2.75, 3.05) is 92.5 Å². The molecule has 0 heterocycles. The van der Waals surface area contributed by atoms with Crippen molar-refractivity contribution in [1.29, 1.82) is 0 Å². The van der Waals surface area contributed by atoms with Crippen molar-refractivity contribution in [2.45, 2.75) is 72.8 Å². The summed E-state index contributed by atoms with van der Waals surface area (Å²) in [5.74, 6) is 0.801. The lowest BCUT2D eigenvalue weighted by molar-refractivity contribution is -0.0413. The first-order valence-corrected chi connectivity index (χ1v) is 13.9. The van der Waals surface area contributed by atoms with Gasteiger partial charge in [0, 0.05) is 0 Å². The maximum Gasteiger partial charge on any atom is 0.0704 e. The lowest BCUT2D eigenvalue weighted by Gasteiger charge is -2.42. The zero-order chi connectivity index (χ0) is 26.5. The Morgan fingerprint density at radius 2 is 0.889 bits per heavy atom. The lowest BCUT2D eigenvalue weighted by atomic mass is 9.64. The van der Waals surface area contributed by atoms with Gasteiger partial charge in [0.05, 0.1) is 98.6 Å². The van der Waals surface area contributed by atoms with Gasteiger partial charge in [0.2, 0.25) is 0 Å². The zero-order valence-electron chi connectivity index (χ0n) is 23.9. The molecule has 0 aromatic carbocycles. The minimum Gasteiger partial charge on any atom is -0.394 e. The molecule has 1 rings (SSSR count). The molecule has 0 aromatic rings. The highest BCUT2D eigenvalue weighted by molar-refractivity contribution is 4.86. The maximum atomic E-state index is 8.57. The second-order valence-corrected chi connectivity index (χ2v) is 11.5. The second kappa shape index (κ2) is 20.6. The van der Waals surface area contributed by atoms with Gasteiger partial charge < -0.3 is 38.3 Å². The van der Waals surface area contributed by atoms with E-state index in [1.165, 1.54) is 32.1 Å². The molecule has 1 aliphatic rings. The first kappa shape index (κ1) is 33.7. The van der Waals surface area contributed by atoms with Gasteiger partial charge >= 0.3 is 0 Å². The van der Waals surface area contributed by atoms with E-state index < -0.39 is 0 Å². The van der Waals surface area contributed by atoms with E-state index in [1.807, 2.05) is 0 Å². The number of aliphatic hydroxyl groups excluding tert-OH is 1. The fourth-order valence-electron chi connectivity index (χ4n) is 5.06. The molecule has 1 aliphatic carbocycles. The van der Waals surface area contributed by atoms with Gasteiger partial charge in [0.1, 0.15) is 0 Å². The Labute approximate surface area is 220 Å². The van der Waals surface area contributed by atoms with E-state index in [0.29, 0.717) is 103 Å². The monoisotopic (exact) mass is 520 g/mol. The number of rotatable bonds is 23. The maximum absolute atomic E-state index is 8.57. The van der Waals surface area contributed by atoms with Crippen molar-refractivity contribution in [3.63, 3.8) is 0 Å². The molecule has 0 saturated heterocycles. The molecule has 0 radical (unpaired) electrons. The molecule has 0 atom stereocenters. The van der Waals surface area contributed by atoms with E-state index in [4.69, 9.17) is 38.3 Å². The Kier molecular flexibility index (Phi) is 19.3. The molecule has 216 valence electrons. The fraction of sp³-hybridized carbons (Fsp3) is 1.00. The Hall–Kier alpha value is -0.320. The molecular formula is C28H56O8. The average Bonchev–Trinajstić information content (AvgIpc) is 2.81. The number of aliphatic hydroxyl groups is 1. The summed E-state index contributed by atoms with van der Waals surface area (Å²) < 4.78 is 38.5. The first-order chi connectivity index (χ1) is 17.2. The van der Waals surface area contributed by atoms with Crippen LogP contribution in [-0.2, 0) is 33.2 Å². The lowest BCUT2D eigenvalue weighted by Crippen LogP contribution is -2.34. The van der Waals surface area contributed by atoms with Crippen LogP contribution >= 0.6 is 0 Å². The van der Waals surface area contributed by atoms with Crippen molar-refractivity contribution < 1.29 is 38.3 Å². The summed E-state index contributed by atoms with van der Waals surface area (Å²) >= 11 is 0. The molecular weight excluding hydrogens is 464 g/mol. The molecule has 0 spiro atoms. The second-order valence-electron chi connectivity index (χ2n) is 11.5. The first-order valence-electron chi connectivity index (χ1n) is 13.9. The quantitative estimate of drug-likeness (QED) is 0.202. The van der Waals surface area contributed by atoms with E-state index in [2.05, 4.69) is 34.6 Å². The van der Waals surface area contributed by atoms with E-state index >= 15 is 0 Å². The molecule has 8 nitrogen and oxygen atoms in total. The summed E-state index contributed by atoms with van der Waals surface area (Å²) in [4.78, 5) is 0. The van der Waals surface area contributed by atoms with E-state index in [-0.39, 0.29) is 6.61 Å². The molecule has 0 bridgehead atoms. The van der Waals surface area contributed by atoms with Crippen molar-refractivity contribution in [1.82, 2.24) is 0 Å². The van der Waals surface area contributed by atoms with Crippen LogP contribution in [0.4, 0.5) is 0 Å². The number of ether oxygens (including phenoxy) is 7. The Morgan fingerprint density at radius 1 is 0.528 bits per heavy atom. The highest BCUT2D eigenvalue weighted by Gasteiger charge is 2.36. The largest absolute Gasteiger partial charge is 0.394 e. The minimum atomic E-state index is 0.0372. The molecule has 0 amide bonds. The van der Waals surface area contributed by atoms with Gasteiger partial charge in [-0.2, -0.15) is 0 Å². The summed E-state index contributed by atoms with van der Waals surface area (Å²) in [6.07, 6.45) is 6.54. The van der Waals surface area contributed by atoms with Gasteiger partial charge in [-0.15, -0.1) is 0 Å². The molecule has 0 aliphatic heterocycles. The van der Waals surface area contributed by atoms with Gasteiger partial charge in [-0.3, -0.25) is 0 Å². The summed E-state index contributed by atoms with van der Waals surface area (Å²) in [6.45, 7) is 18.9. The molecule has 8 heteroatoms. The van der Waals surface area contributed by atoms with Crippen LogP contribution in [0.5, 0.6) is 0 Å². The van der Waals surface area contributed by atoms with Crippen molar-refractivity contribution in [3.05, 3.63) is 0 Å². The molecule has 1 fully saturated rings. The predicted octanol–water partition coefficient (Wildman–Crippen LogP) is 4.12. The third-order valence-electron chi connectivity index (χ3n) is 6.44. The number of hydrogen-bond donors (Lipinski definition) is 1. The van der Waals surface area contributed by atoms with E-state index in [0.717, 1.165) is 5.92 Å². The molecule has 0 unspecified atom stereocenters. The average molecular weight is 521 g/mol. The van der Waals surface area contributed by atoms with Crippen LogP contribution < -0.4 is 0 Å². The van der Waals surface area contributed by atoms with Gasteiger partial charge in [0.15, 0.2) is 0 Å². The molecule has 1 N–H and O–H groups in total. The smallest absolute Gasteiger partial charge is 0.0704 e. The third kappa shape index (κ3) is 18.9. The van der Waals surface area contributed by atoms with Crippen molar-refractivity contribution in [2.24, 2.45) is 16.7 Å². The topological polar surface area (TPSA) is 84.8 Å². The zero-order valence-corrected chi connectivity index (χ0v) is 23.9. The van der Waals surface area contributed by atoms with Crippen LogP contribution in [0.2, 0.25) is 0 Å². The van der Waals surface area contributed by atoms with Crippen molar-refractivity contribution >= 4 is 0 Å². The van der Waals surface area contributed by atoms with Crippen molar-refractivity contribution in [3.8, 4) is 0 Å². The minimum absolute atomic E-state index is 0.0372. The van der Waals surface area contributed by atoms with Gasteiger partial charge in [-0.25, -0.2) is 0 Å². The molecule has 0 aromatic heterocycles. The Balaban J connectivity index is 1.81. The third-order valence-corrected chi connectivity index (χ3v) is 6.44. The van der Waals surface area contributed by atoms with Crippen LogP contribution in [0.1, 0.15) is 66.7 Å². The Bertz CT molecular complexity index is 486. The van der Waals surface area contributed by atoms with E-state index in [9.17, 15) is 0 Å². The van der Waals surface area contributed by atoms with Crippen LogP contribution in [0.25, 0.3) is 0 Å². The van der Waals surface area contributed by atoms with Gasteiger partial charge in [0.25, 0.3) is 0 Å². The summed E-state index contributed by atoms with van der Waals surface area (Å²) in [5.41, 5.74) is 0.785. The van der Waals surface area contributed by atoms with Crippen LogP contribution in [0.3, 0.4) is 0 Å². The van der Waals surface area contributed by atoms with Crippen LogP contribution in [-0.4, -0.2) is 104 Å². The molecule has 1 saturated carbocycles. The predicted molar refractivity (Wildman–Crippen MR) is 142 cm³/mol. The summed E-state index contributed by atoms with van der Waals surface area (Å²) in [6, 6.07) is 0. The number of hydrogen-bond acceptors (Lipinski definition) is 8. The standard InChI is InChI=1S/C28H56O8/c1-27(2,3)24-28(4,5)25-6-8-26(9-7-25)36-23-22-35-21-20-34-19-18-33-17-16-32-15-14-31-13-12-30-11-10-29/h25-26,29H,6-24H2,1-5H3. The highest BCUT2D eigenvalue weighted by atomic mass is 16.6. The van der Waals surface area contributed by atoms with E-state index in [1.54, 1.807) is 0 Å². The van der Waals surface area contributed by atoms with Crippen LogP contribution in [0, 0.1) is 16.7 Å². The highest BCUT2D eigenvalue weighted by Crippen LogP contribution is 2.45. The van der Waals surface area contributed by atoms with Gasteiger partial charge in [-0.05, 0) is 48.9 Å². The van der Waals surface area contributed by atoms with Gasteiger partial charge in [-0.1, -0.05) is 34.6 Å². The summed E-state index contributed by atoms with van der Waals surface area (Å²) in [5, 5.41) is 8.57. The normalized spacial score (nSPS) is 19.2. The molecule has 36 heavy (non-hydrogen) atoms. The fourth-order valence-corrected chi connectivity index (χ4v) is 5.06. The summed E-state index contributed by atoms with van der Waals surface area (Å²) in [7, 11) is 0. The Morgan fingerprint density at radius 3 is 1.25 bits per heavy atom. The SMILES string of the molecule is CC(C)(C)CC(C)(C)C1CCC(OCCOCCOCCOCCOCCOCCOCCO)CC1. The van der Waals surface area contributed by atoms with Crippen LogP contribution in [0.15, 0.2) is 0 Å².